The van der Waals surface area contributed by atoms with Crippen LogP contribution in [0.1, 0.15) is 22.7 Å². The van der Waals surface area contributed by atoms with Gasteiger partial charge in [-0.15, -0.1) is 0 Å². The maximum atomic E-state index is 13.1. The fourth-order valence-electron chi connectivity index (χ4n) is 2.10. The van der Waals surface area contributed by atoms with E-state index in [-0.39, 0.29) is 11.9 Å². The van der Waals surface area contributed by atoms with Gasteiger partial charge in [0.05, 0.1) is 6.04 Å². The number of halogens is 1. The molecule has 0 aliphatic heterocycles. The second-order valence-electron chi connectivity index (χ2n) is 4.23. The van der Waals surface area contributed by atoms with Crippen LogP contribution < -0.4 is 11.1 Å². The van der Waals surface area contributed by atoms with Gasteiger partial charge in [0.1, 0.15) is 5.82 Å². The fraction of sp³-hybridized carbons (Fsp3) is 0.214. The molecule has 3 N–H and O–H groups in total. The minimum Gasteiger partial charge on any atom is -0.398 e. The van der Waals surface area contributed by atoms with Crippen LogP contribution in [-0.4, -0.2) is 12.0 Å². The van der Waals surface area contributed by atoms with E-state index in [2.05, 4.69) is 10.3 Å². The van der Waals surface area contributed by atoms with Crippen molar-refractivity contribution >= 4 is 5.69 Å². The van der Waals surface area contributed by atoms with Crippen LogP contribution in [0.25, 0.3) is 0 Å². The Morgan fingerprint density at radius 2 is 2.06 bits per heavy atom. The molecule has 2 aromatic rings. The van der Waals surface area contributed by atoms with E-state index >= 15 is 0 Å². The van der Waals surface area contributed by atoms with Gasteiger partial charge in [0.15, 0.2) is 0 Å². The van der Waals surface area contributed by atoms with Gasteiger partial charge in [0.25, 0.3) is 0 Å². The van der Waals surface area contributed by atoms with Gasteiger partial charge in [-0.25, -0.2) is 4.39 Å². The molecule has 18 heavy (non-hydrogen) atoms. The Kier molecular flexibility index (Phi) is 3.58. The SMILES string of the molecule is CNC(c1ccc(F)cc1C)c1cnccc1N. The minimum absolute atomic E-state index is 0.0840. The van der Waals surface area contributed by atoms with Gasteiger partial charge in [-0.2, -0.15) is 0 Å². The lowest BCUT2D eigenvalue weighted by Crippen LogP contribution is -2.20. The highest BCUT2D eigenvalue weighted by Gasteiger charge is 2.17. The largest absolute Gasteiger partial charge is 0.398 e. The molecule has 1 atom stereocenters. The molecule has 4 heteroatoms. The van der Waals surface area contributed by atoms with E-state index in [1.807, 2.05) is 14.0 Å². The summed E-state index contributed by atoms with van der Waals surface area (Å²) >= 11 is 0. The number of rotatable bonds is 3. The molecule has 0 amide bonds. The van der Waals surface area contributed by atoms with Crippen LogP contribution in [0.4, 0.5) is 10.1 Å². The quantitative estimate of drug-likeness (QED) is 0.873. The van der Waals surface area contributed by atoms with Crippen LogP contribution in [0.2, 0.25) is 0 Å². The Labute approximate surface area is 106 Å². The Bertz CT molecular complexity index is 554. The molecular weight excluding hydrogens is 229 g/mol. The summed E-state index contributed by atoms with van der Waals surface area (Å²) in [5, 5.41) is 3.19. The molecule has 0 saturated heterocycles. The van der Waals surface area contributed by atoms with E-state index in [9.17, 15) is 4.39 Å². The molecule has 2 rings (SSSR count). The van der Waals surface area contributed by atoms with Gasteiger partial charge in [-0.3, -0.25) is 4.98 Å². The molecule has 0 fully saturated rings. The van der Waals surface area contributed by atoms with Crippen molar-refractivity contribution in [2.24, 2.45) is 0 Å². The van der Waals surface area contributed by atoms with E-state index < -0.39 is 0 Å². The number of hydrogen-bond donors (Lipinski definition) is 2. The van der Waals surface area contributed by atoms with Gasteiger partial charge in [-0.05, 0) is 43.3 Å². The fourth-order valence-corrected chi connectivity index (χ4v) is 2.10. The van der Waals surface area contributed by atoms with Crippen molar-refractivity contribution in [2.45, 2.75) is 13.0 Å². The molecule has 1 unspecified atom stereocenters. The van der Waals surface area contributed by atoms with Gasteiger partial charge < -0.3 is 11.1 Å². The summed E-state index contributed by atoms with van der Waals surface area (Å²) in [6, 6.07) is 6.43. The lowest BCUT2D eigenvalue weighted by Gasteiger charge is -2.20. The number of nitrogens with two attached hydrogens (primary N) is 1. The van der Waals surface area contributed by atoms with Gasteiger partial charge in [0, 0.05) is 23.6 Å². The summed E-state index contributed by atoms with van der Waals surface area (Å²) < 4.78 is 13.1. The molecule has 1 aromatic heterocycles. The average Bonchev–Trinajstić information content (AvgIpc) is 2.34. The van der Waals surface area contributed by atoms with Gasteiger partial charge in [-0.1, -0.05) is 6.07 Å². The summed E-state index contributed by atoms with van der Waals surface area (Å²) in [7, 11) is 1.85. The van der Waals surface area contributed by atoms with E-state index in [4.69, 9.17) is 5.73 Å². The van der Waals surface area contributed by atoms with Crippen molar-refractivity contribution in [1.82, 2.24) is 10.3 Å². The molecule has 94 valence electrons. The van der Waals surface area contributed by atoms with Crippen molar-refractivity contribution in [3.8, 4) is 0 Å². The third-order valence-electron chi connectivity index (χ3n) is 3.03. The molecule has 0 aliphatic rings. The second kappa shape index (κ2) is 5.14. The zero-order chi connectivity index (χ0) is 13.1. The maximum Gasteiger partial charge on any atom is 0.123 e. The van der Waals surface area contributed by atoms with Gasteiger partial charge in [0.2, 0.25) is 0 Å². The molecule has 0 spiro atoms. The van der Waals surface area contributed by atoms with Crippen LogP contribution in [0, 0.1) is 12.7 Å². The number of nitrogens with one attached hydrogen (secondary N) is 1. The van der Waals surface area contributed by atoms with Crippen molar-refractivity contribution in [1.29, 1.82) is 0 Å². The lowest BCUT2D eigenvalue weighted by atomic mass is 9.95. The number of nitrogen functional groups attached to an aromatic ring is 1. The molecule has 0 radical (unpaired) electrons. The summed E-state index contributed by atoms with van der Waals surface area (Å²) in [5.74, 6) is -0.231. The highest BCUT2D eigenvalue weighted by atomic mass is 19.1. The first-order valence-corrected chi connectivity index (χ1v) is 5.76. The molecule has 3 nitrogen and oxygen atoms in total. The number of aromatic nitrogens is 1. The zero-order valence-corrected chi connectivity index (χ0v) is 10.4. The van der Waals surface area contributed by atoms with Crippen molar-refractivity contribution in [2.75, 3.05) is 12.8 Å². The number of hydrogen-bond acceptors (Lipinski definition) is 3. The van der Waals surface area contributed by atoms with Crippen LogP contribution in [-0.2, 0) is 0 Å². The summed E-state index contributed by atoms with van der Waals surface area (Å²) in [6.07, 6.45) is 3.39. The number of aryl methyl sites for hydroxylation is 1. The highest BCUT2D eigenvalue weighted by molar-refractivity contribution is 5.50. The Morgan fingerprint density at radius 1 is 1.28 bits per heavy atom. The van der Waals surface area contributed by atoms with E-state index in [1.165, 1.54) is 12.1 Å². The molecule has 1 heterocycles. The summed E-state index contributed by atoms with van der Waals surface area (Å²) in [6.45, 7) is 1.88. The molecule has 0 bridgehead atoms. The van der Waals surface area contributed by atoms with E-state index in [1.54, 1.807) is 24.5 Å². The number of anilines is 1. The van der Waals surface area contributed by atoms with Gasteiger partial charge >= 0.3 is 0 Å². The first-order chi connectivity index (χ1) is 8.63. The van der Waals surface area contributed by atoms with E-state index in [0.717, 1.165) is 16.7 Å². The predicted octanol–water partition coefficient (Wildman–Crippen LogP) is 2.42. The molecular formula is C14H16FN3. The molecule has 0 aliphatic carbocycles. The number of nitrogens with zero attached hydrogens (tertiary/aromatic N) is 1. The monoisotopic (exact) mass is 245 g/mol. The standard InChI is InChI=1S/C14H16FN3/c1-9-7-10(15)3-4-11(9)14(17-2)12-8-18-6-5-13(12)16/h3-8,14,17H,1-2H3,(H2,16,18). The first-order valence-electron chi connectivity index (χ1n) is 5.76. The van der Waals surface area contributed by atoms with Crippen LogP contribution in [0.15, 0.2) is 36.7 Å². The predicted molar refractivity (Wildman–Crippen MR) is 70.7 cm³/mol. The Hall–Kier alpha value is -1.94. The average molecular weight is 245 g/mol. The normalized spacial score (nSPS) is 12.4. The van der Waals surface area contributed by atoms with Crippen molar-refractivity contribution in [3.63, 3.8) is 0 Å². The number of benzene rings is 1. The Morgan fingerprint density at radius 3 is 2.67 bits per heavy atom. The summed E-state index contributed by atoms with van der Waals surface area (Å²) in [5.41, 5.74) is 9.42. The Balaban J connectivity index is 2.49. The smallest absolute Gasteiger partial charge is 0.123 e. The first kappa shape index (κ1) is 12.5. The minimum atomic E-state index is -0.231. The number of pyridine rings is 1. The van der Waals surface area contributed by atoms with Crippen molar-refractivity contribution in [3.05, 3.63) is 59.2 Å². The van der Waals surface area contributed by atoms with Crippen LogP contribution in [0.5, 0.6) is 0 Å². The highest BCUT2D eigenvalue weighted by Crippen LogP contribution is 2.28. The zero-order valence-electron chi connectivity index (χ0n) is 10.4. The van der Waals surface area contributed by atoms with Crippen molar-refractivity contribution < 1.29 is 4.39 Å². The third kappa shape index (κ3) is 2.33. The third-order valence-corrected chi connectivity index (χ3v) is 3.03. The van der Waals surface area contributed by atoms with E-state index in [0.29, 0.717) is 5.69 Å². The van der Waals surface area contributed by atoms with Crippen LogP contribution >= 0.6 is 0 Å². The molecule has 0 saturated carbocycles. The maximum absolute atomic E-state index is 13.1. The topological polar surface area (TPSA) is 50.9 Å². The summed E-state index contributed by atoms with van der Waals surface area (Å²) in [4.78, 5) is 4.09. The second-order valence-corrected chi connectivity index (χ2v) is 4.23. The van der Waals surface area contributed by atoms with Crippen LogP contribution in [0.3, 0.4) is 0 Å². The lowest BCUT2D eigenvalue weighted by molar-refractivity contribution is 0.621. The molecule has 1 aromatic carbocycles.